The molecule has 6 heteroatoms. The third-order valence-electron chi connectivity index (χ3n) is 4.25. The van der Waals surface area contributed by atoms with Gasteiger partial charge in [0, 0.05) is 11.1 Å². The first-order chi connectivity index (χ1) is 10.0. The Labute approximate surface area is 149 Å². The lowest BCUT2D eigenvalue weighted by atomic mass is 9.73. The standard InChI is InChI=1S/C16H25N3O2.HI/c1-16(10-4-3-5-14(16)20)11-18-15(17)19-12-6-8-13(21-2)9-7-12;/h6-9,14,20H,3-5,10-11H2,1-2H3,(H3,17,18,19);1H. The first-order valence-electron chi connectivity index (χ1n) is 7.42. The van der Waals surface area contributed by atoms with E-state index in [1.54, 1.807) is 7.11 Å². The quantitative estimate of drug-likeness (QED) is 0.398. The van der Waals surface area contributed by atoms with Crippen LogP contribution in [0.4, 0.5) is 5.69 Å². The predicted molar refractivity (Wildman–Crippen MR) is 101 cm³/mol. The Morgan fingerprint density at radius 3 is 2.68 bits per heavy atom. The van der Waals surface area contributed by atoms with E-state index in [4.69, 9.17) is 10.5 Å². The molecule has 124 valence electrons. The fourth-order valence-electron chi connectivity index (χ4n) is 2.69. The Morgan fingerprint density at radius 2 is 2.09 bits per heavy atom. The molecule has 1 aliphatic rings. The van der Waals surface area contributed by atoms with E-state index < -0.39 is 0 Å². The highest BCUT2D eigenvalue weighted by atomic mass is 127. The number of aliphatic hydroxyl groups is 1. The van der Waals surface area contributed by atoms with Gasteiger partial charge in [-0.2, -0.15) is 0 Å². The van der Waals surface area contributed by atoms with Crippen LogP contribution in [0, 0.1) is 5.41 Å². The average Bonchev–Trinajstić information content (AvgIpc) is 2.49. The maximum absolute atomic E-state index is 10.1. The third kappa shape index (κ3) is 5.01. The summed E-state index contributed by atoms with van der Waals surface area (Å²) in [5.41, 5.74) is 6.63. The van der Waals surface area contributed by atoms with Gasteiger partial charge in [0.25, 0.3) is 0 Å². The summed E-state index contributed by atoms with van der Waals surface area (Å²) in [6.45, 7) is 2.63. The van der Waals surface area contributed by atoms with Gasteiger partial charge < -0.3 is 20.9 Å². The van der Waals surface area contributed by atoms with Crippen LogP contribution < -0.4 is 15.8 Å². The van der Waals surface area contributed by atoms with Gasteiger partial charge >= 0.3 is 0 Å². The first kappa shape index (κ1) is 19.0. The number of aliphatic imine (C=N–C) groups is 1. The van der Waals surface area contributed by atoms with Crippen LogP contribution in [0.2, 0.25) is 0 Å². The van der Waals surface area contributed by atoms with Crippen LogP contribution in [0.25, 0.3) is 0 Å². The molecule has 1 aromatic carbocycles. The average molecular weight is 419 g/mol. The van der Waals surface area contributed by atoms with Gasteiger partial charge in [-0.05, 0) is 37.1 Å². The van der Waals surface area contributed by atoms with Crippen molar-refractivity contribution < 1.29 is 9.84 Å². The van der Waals surface area contributed by atoms with Crippen molar-refractivity contribution in [1.29, 1.82) is 0 Å². The van der Waals surface area contributed by atoms with E-state index in [9.17, 15) is 5.11 Å². The number of guanidine groups is 1. The van der Waals surface area contributed by atoms with E-state index >= 15 is 0 Å². The smallest absolute Gasteiger partial charge is 0.193 e. The second-order valence-corrected chi connectivity index (χ2v) is 5.97. The lowest BCUT2D eigenvalue weighted by molar-refractivity contribution is 0.00724. The number of halogens is 1. The molecule has 1 aliphatic carbocycles. The van der Waals surface area contributed by atoms with Crippen LogP contribution in [0.5, 0.6) is 5.75 Å². The van der Waals surface area contributed by atoms with Crippen molar-refractivity contribution in [2.45, 2.75) is 38.7 Å². The fourth-order valence-corrected chi connectivity index (χ4v) is 2.69. The zero-order valence-corrected chi connectivity index (χ0v) is 15.5. The molecule has 0 bridgehead atoms. The SMILES string of the molecule is COc1ccc(NC(N)=NCC2(C)CCCCC2O)cc1.I. The molecule has 4 N–H and O–H groups in total. The molecule has 1 fully saturated rings. The summed E-state index contributed by atoms with van der Waals surface area (Å²) in [7, 11) is 1.63. The van der Waals surface area contributed by atoms with Crippen molar-refractivity contribution in [3.8, 4) is 5.75 Å². The fraction of sp³-hybridized carbons (Fsp3) is 0.562. The Balaban J connectivity index is 0.00000242. The van der Waals surface area contributed by atoms with Crippen molar-refractivity contribution in [2.24, 2.45) is 16.1 Å². The highest BCUT2D eigenvalue weighted by Gasteiger charge is 2.35. The molecule has 2 unspecified atom stereocenters. The molecule has 0 spiro atoms. The summed E-state index contributed by atoms with van der Waals surface area (Å²) in [6, 6.07) is 7.50. The van der Waals surface area contributed by atoms with Gasteiger partial charge in [0.15, 0.2) is 5.96 Å². The molecule has 0 saturated heterocycles. The highest BCUT2D eigenvalue weighted by Crippen LogP contribution is 2.36. The molecule has 0 aromatic heterocycles. The van der Waals surface area contributed by atoms with Gasteiger partial charge in [-0.25, -0.2) is 0 Å². The van der Waals surface area contributed by atoms with E-state index in [0.29, 0.717) is 12.5 Å². The second-order valence-electron chi connectivity index (χ2n) is 5.97. The molecule has 0 amide bonds. The number of rotatable bonds is 4. The highest BCUT2D eigenvalue weighted by molar-refractivity contribution is 14.0. The number of nitrogens with one attached hydrogen (secondary N) is 1. The van der Waals surface area contributed by atoms with Crippen molar-refractivity contribution in [1.82, 2.24) is 0 Å². The van der Waals surface area contributed by atoms with Crippen LogP contribution in [-0.4, -0.2) is 30.8 Å². The van der Waals surface area contributed by atoms with Crippen molar-refractivity contribution in [3.63, 3.8) is 0 Å². The molecule has 22 heavy (non-hydrogen) atoms. The molecule has 1 aromatic rings. The monoisotopic (exact) mass is 419 g/mol. The van der Waals surface area contributed by atoms with Crippen LogP contribution in [0.15, 0.2) is 29.3 Å². The molecule has 0 heterocycles. The number of anilines is 1. The van der Waals surface area contributed by atoms with Crippen LogP contribution in [0.3, 0.4) is 0 Å². The number of benzene rings is 1. The lowest BCUT2D eigenvalue weighted by Gasteiger charge is -2.37. The molecular formula is C16H26IN3O2. The van der Waals surface area contributed by atoms with Crippen molar-refractivity contribution >= 4 is 35.6 Å². The zero-order chi connectivity index (χ0) is 15.3. The molecule has 0 radical (unpaired) electrons. The number of methoxy groups -OCH3 is 1. The molecule has 0 aliphatic heterocycles. The van der Waals surface area contributed by atoms with Crippen LogP contribution in [0.1, 0.15) is 32.6 Å². The summed E-state index contributed by atoms with van der Waals surface area (Å²) < 4.78 is 5.11. The van der Waals surface area contributed by atoms with E-state index in [-0.39, 0.29) is 35.5 Å². The van der Waals surface area contributed by atoms with E-state index in [0.717, 1.165) is 37.1 Å². The predicted octanol–water partition coefficient (Wildman–Crippen LogP) is 2.98. The Morgan fingerprint density at radius 1 is 1.41 bits per heavy atom. The first-order valence-corrected chi connectivity index (χ1v) is 7.42. The number of nitrogens with zero attached hydrogens (tertiary/aromatic N) is 1. The van der Waals surface area contributed by atoms with Crippen LogP contribution in [-0.2, 0) is 0 Å². The number of hydrogen-bond acceptors (Lipinski definition) is 3. The van der Waals surface area contributed by atoms with Crippen molar-refractivity contribution in [2.75, 3.05) is 19.0 Å². The van der Waals surface area contributed by atoms with Gasteiger partial charge in [-0.1, -0.05) is 19.8 Å². The maximum Gasteiger partial charge on any atom is 0.193 e. The third-order valence-corrected chi connectivity index (χ3v) is 4.25. The lowest BCUT2D eigenvalue weighted by Crippen LogP contribution is -2.39. The molecule has 5 nitrogen and oxygen atoms in total. The normalized spacial score (nSPS) is 25.2. The summed E-state index contributed by atoms with van der Waals surface area (Å²) >= 11 is 0. The van der Waals surface area contributed by atoms with Gasteiger partial charge in [-0.3, -0.25) is 4.99 Å². The summed E-state index contributed by atoms with van der Waals surface area (Å²) in [6.07, 6.45) is 3.81. The summed E-state index contributed by atoms with van der Waals surface area (Å²) in [4.78, 5) is 4.40. The Kier molecular flexibility index (Phi) is 7.41. The van der Waals surface area contributed by atoms with Gasteiger partial charge in [0.2, 0.25) is 0 Å². The molecule has 2 atom stereocenters. The largest absolute Gasteiger partial charge is 0.497 e. The number of ether oxygens (including phenoxy) is 1. The number of aliphatic hydroxyl groups excluding tert-OH is 1. The zero-order valence-electron chi connectivity index (χ0n) is 13.2. The maximum atomic E-state index is 10.1. The van der Waals surface area contributed by atoms with Gasteiger partial charge in [-0.15, -0.1) is 24.0 Å². The summed E-state index contributed by atoms with van der Waals surface area (Å²) in [5, 5.41) is 13.2. The Hall–Kier alpha value is -1.02. The minimum Gasteiger partial charge on any atom is -0.497 e. The van der Waals surface area contributed by atoms with E-state index in [1.165, 1.54) is 0 Å². The molecule has 1 saturated carbocycles. The van der Waals surface area contributed by atoms with Gasteiger partial charge in [0.1, 0.15) is 5.75 Å². The Bertz CT molecular complexity index is 493. The van der Waals surface area contributed by atoms with Crippen LogP contribution >= 0.6 is 24.0 Å². The van der Waals surface area contributed by atoms with Gasteiger partial charge in [0.05, 0.1) is 19.8 Å². The number of nitrogens with two attached hydrogens (primary N) is 1. The minimum atomic E-state index is -0.288. The van der Waals surface area contributed by atoms with Crippen molar-refractivity contribution in [3.05, 3.63) is 24.3 Å². The second kappa shape index (κ2) is 8.57. The number of hydrogen-bond donors (Lipinski definition) is 3. The molecule has 2 rings (SSSR count). The molecular weight excluding hydrogens is 393 g/mol. The minimum absolute atomic E-state index is 0. The van der Waals surface area contributed by atoms with E-state index in [2.05, 4.69) is 17.2 Å². The topological polar surface area (TPSA) is 79.9 Å². The van der Waals surface area contributed by atoms with E-state index in [1.807, 2.05) is 24.3 Å². The summed E-state index contributed by atoms with van der Waals surface area (Å²) in [5.74, 6) is 1.17.